The average Bonchev–Trinajstić information content (AvgIpc) is 2.64. The number of carbonyl (C=O) groups is 2. The SMILES string of the molecule is CC(C)COC(=O)C1Cc2ccccc2C1=O. The largest absolute Gasteiger partial charge is 0.465 e. The Hall–Kier alpha value is -1.64. The van der Waals surface area contributed by atoms with E-state index < -0.39 is 5.92 Å². The molecule has 0 N–H and O–H groups in total. The van der Waals surface area contributed by atoms with Crippen molar-refractivity contribution in [2.24, 2.45) is 11.8 Å². The second kappa shape index (κ2) is 4.70. The van der Waals surface area contributed by atoms with Gasteiger partial charge in [-0.3, -0.25) is 9.59 Å². The standard InChI is InChI=1S/C14H16O3/c1-9(2)8-17-14(16)12-7-10-5-3-4-6-11(10)13(12)15/h3-6,9,12H,7-8H2,1-2H3. The third-order valence-corrected chi connectivity index (χ3v) is 2.87. The predicted octanol–water partition coefficient (Wildman–Crippen LogP) is 2.24. The van der Waals surface area contributed by atoms with Gasteiger partial charge in [0, 0.05) is 5.56 Å². The van der Waals surface area contributed by atoms with Gasteiger partial charge in [0.2, 0.25) is 0 Å². The molecule has 3 heteroatoms. The number of hydrogen-bond acceptors (Lipinski definition) is 3. The molecule has 1 atom stereocenters. The van der Waals surface area contributed by atoms with Crippen molar-refractivity contribution >= 4 is 11.8 Å². The quantitative estimate of drug-likeness (QED) is 0.593. The lowest BCUT2D eigenvalue weighted by atomic mass is 10.1. The van der Waals surface area contributed by atoms with Crippen molar-refractivity contribution in [3.8, 4) is 0 Å². The molecular formula is C14H16O3. The minimum Gasteiger partial charge on any atom is -0.465 e. The van der Waals surface area contributed by atoms with E-state index in [1.54, 1.807) is 6.07 Å². The van der Waals surface area contributed by atoms with E-state index in [0.29, 0.717) is 18.6 Å². The van der Waals surface area contributed by atoms with Crippen LogP contribution in [0.25, 0.3) is 0 Å². The molecule has 2 rings (SSSR count). The Morgan fingerprint density at radius 1 is 1.41 bits per heavy atom. The van der Waals surface area contributed by atoms with Crippen molar-refractivity contribution < 1.29 is 14.3 Å². The molecule has 1 aromatic rings. The molecule has 1 aliphatic rings. The lowest BCUT2D eigenvalue weighted by molar-refractivity contribution is -0.147. The second-order valence-corrected chi connectivity index (χ2v) is 4.80. The molecule has 0 heterocycles. The molecule has 17 heavy (non-hydrogen) atoms. The number of rotatable bonds is 3. The molecule has 0 radical (unpaired) electrons. The highest BCUT2D eigenvalue weighted by Gasteiger charge is 2.36. The van der Waals surface area contributed by atoms with Crippen LogP contribution in [0.4, 0.5) is 0 Å². The molecule has 1 unspecified atom stereocenters. The Morgan fingerprint density at radius 3 is 2.76 bits per heavy atom. The summed E-state index contributed by atoms with van der Waals surface area (Å²) in [5, 5.41) is 0. The number of carbonyl (C=O) groups excluding carboxylic acids is 2. The summed E-state index contributed by atoms with van der Waals surface area (Å²) in [5.41, 5.74) is 1.61. The molecule has 0 spiro atoms. The molecule has 1 aliphatic carbocycles. The van der Waals surface area contributed by atoms with Crippen LogP contribution in [0.1, 0.15) is 29.8 Å². The summed E-state index contributed by atoms with van der Waals surface area (Å²) in [6.07, 6.45) is 0.478. The highest BCUT2D eigenvalue weighted by Crippen LogP contribution is 2.27. The number of benzene rings is 1. The minimum atomic E-state index is -0.633. The summed E-state index contributed by atoms with van der Waals surface area (Å²) in [7, 11) is 0. The van der Waals surface area contributed by atoms with Crippen molar-refractivity contribution in [1.29, 1.82) is 0 Å². The monoisotopic (exact) mass is 232 g/mol. The van der Waals surface area contributed by atoms with Crippen LogP contribution in [0.2, 0.25) is 0 Å². The maximum atomic E-state index is 12.0. The van der Waals surface area contributed by atoms with Crippen molar-refractivity contribution in [2.75, 3.05) is 6.61 Å². The van der Waals surface area contributed by atoms with E-state index in [2.05, 4.69) is 0 Å². The Labute approximate surface area is 101 Å². The molecule has 0 saturated heterocycles. The molecule has 1 aromatic carbocycles. The van der Waals surface area contributed by atoms with E-state index in [1.807, 2.05) is 32.0 Å². The van der Waals surface area contributed by atoms with Gasteiger partial charge >= 0.3 is 5.97 Å². The fraction of sp³-hybridized carbons (Fsp3) is 0.429. The minimum absolute atomic E-state index is 0.102. The van der Waals surface area contributed by atoms with Crippen LogP contribution in [0.15, 0.2) is 24.3 Å². The average molecular weight is 232 g/mol. The van der Waals surface area contributed by atoms with E-state index in [4.69, 9.17) is 4.74 Å². The van der Waals surface area contributed by atoms with Gasteiger partial charge in [-0.15, -0.1) is 0 Å². The van der Waals surface area contributed by atoms with Crippen molar-refractivity contribution in [3.05, 3.63) is 35.4 Å². The highest BCUT2D eigenvalue weighted by atomic mass is 16.5. The van der Waals surface area contributed by atoms with Gasteiger partial charge in [0.05, 0.1) is 6.61 Å². The molecule has 0 bridgehead atoms. The third kappa shape index (κ3) is 2.38. The van der Waals surface area contributed by atoms with Gasteiger partial charge in [-0.05, 0) is 17.9 Å². The predicted molar refractivity (Wildman–Crippen MR) is 63.8 cm³/mol. The third-order valence-electron chi connectivity index (χ3n) is 2.87. The topological polar surface area (TPSA) is 43.4 Å². The highest BCUT2D eigenvalue weighted by molar-refractivity contribution is 6.12. The van der Waals surface area contributed by atoms with Gasteiger partial charge in [-0.25, -0.2) is 0 Å². The lowest BCUT2D eigenvalue weighted by Crippen LogP contribution is -2.24. The van der Waals surface area contributed by atoms with E-state index in [9.17, 15) is 9.59 Å². The number of fused-ring (bicyclic) bond motifs is 1. The van der Waals surface area contributed by atoms with E-state index in [0.717, 1.165) is 5.56 Å². The zero-order valence-electron chi connectivity index (χ0n) is 10.1. The molecule has 0 amide bonds. The first-order valence-electron chi connectivity index (χ1n) is 5.88. The van der Waals surface area contributed by atoms with Gasteiger partial charge in [-0.1, -0.05) is 38.1 Å². The number of hydrogen-bond donors (Lipinski definition) is 0. The summed E-state index contributed by atoms with van der Waals surface area (Å²) in [6.45, 7) is 4.32. The number of esters is 1. The van der Waals surface area contributed by atoms with E-state index >= 15 is 0 Å². The molecule has 0 saturated carbocycles. The lowest BCUT2D eigenvalue weighted by Gasteiger charge is -2.10. The number of ketones is 1. The molecule has 3 nitrogen and oxygen atoms in total. The first-order chi connectivity index (χ1) is 8.09. The Morgan fingerprint density at radius 2 is 2.12 bits per heavy atom. The fourth-order valence-corrected chi connectivity index (χ4v) is 1.98. The second-order valence-electron chi connectivity index (χ2n) is 4.80. The number of ether oxygens (including phenoxy) is 1. The molecule has 0 aromatic heterocycles. The molecule has 0 fully saturated rings. The molecule has 90 valence electrons. The Kier molecular flexibility index (Phi) is 3.27. The summed E-state index contributed by atoms with van der Waals surface area (Å²) in [5.74, 6) is -0.835. The molecule has 0 aliphatic heterocycles. The van der Waals surface area contributed by atoms with Gasteiger partial charge in [0.25, 0.3) is 0 Å². The summed E-state index contributed by atoms with van der Waals surface area (Å²) >= 11 is 0. The Bertz CT molecular complexity index is 449. The summed E-state index contributed by atoms with van der Waals surface area (Å²) in [4.78, 5) is 23.8. The van der Waals surface area contributed by atoms with Crippen molar-refractivity contribution in [1.82, 2.24) is 0 Å². The van der Waals surface area contributed by atoms with Gasteiger partial charge in [-0.2, -0.15) is 0 Å². The van der Waals surface area contributed by atoms with Crippen LogP contribution in [0.3, 0.4) is 0 Å². The zero-order valence-corrected chi connectivity index (χ0v) is 10.1. The van der Waals surface area contributed by atoms with Gasteiger partial charge < -0.3 is 4.74 Å². The smallest absolute Gasteiger partial charge is 0.317 e. The van der Waals surface area contributed by atoms with Crippen molar-refractivity contribution in [2.45, 2.75) is 20.3 Å². The van der Waals surface area contributed by atoms with Crippen LogP contribution in [0.5, 0.6) is 0 Å². The first kappa shape index (κ1) is 11.8. The van der Waals surface area contributed by atoms with Crippen LogP contribution < -0.4 is 0 Å². The fourth-order valence-electron chi connectivity index (χ4n) is 1.98. The summed E-state index contributed by atoms with van der Waals surface area (Å²) < 4.78 is 5.13. The Balaban J connectivity index is 2.07. The maximum absolute atomic E-state index is 12.0. The number of Topliss-reactive ketones (excluding diaryl/α,β-unsaturated/α-hetero) is 1. The van der Waals surface area contributed by atoms with Crippen LogP contribution >= 0.6 is 0 Å². The first-order valence-corrected chi connectivity index (χ1v) is 5.88. The van der Waals surface area contributed by atoms with Crippen LogP contribution in [0, 0.1) is 11.8 Å². The maximum Gasteiger partial charge on any atom is 0.317 e. The normalized spacial score (nSPS) is 18.3. The van der Waals surface area contributed by atoms with E-state index in [1.165, 1.54) is 0 Å². The van der Waals surface area contributed by atoms with Crippen molar-refractivity contribution in [3.63, 3.8) is 0 Å². The van der Waals surface area contributed by atoms with Gasteiger partial charge in [0.1, 0.15) is 5.92 Å². The summed E-state index contributed by atoms with van der Waals surface area (Å²) in [6, 6.07) is 7.36. The molecular weight excluding hydrogens is 216 g/mol. The zero-order chi connectivity index (χ0) is 12.4. The van der Waals surface area contributed by atoms with Crippen LogP contribution in [-0.2, 0) is 16.0 Å². The van der Waals surface area contributed by atoms with E-state index in [-0.39, 0.29) is 17.7 Å². The van der Waals surface area contributed by atoms with Gasteiger partial charge in [0.15, 0.2) is 5.78 Å². The van der Waals surface area contributed by atoms with Crippen LogP contribution in [-0.4, -0.2) is 18.4 Å².